The van der Waals surface area contributed by atoms with Crippen LogP contribution >= 0.6 is 0 Å². The number of aliphatic carboxylic acids is 1. The van der Waals surface area contributed by atoms with Crippen LogP contribution < -0.4 is 5.32 Å². The average molecular weight is 227 g/mol. The van der Waals surface area contributed by atoms with Crippen molar-refractivity contribution in [3.05, 3.63) is 12.7 Å². The van der Waals surface area contributed by atoms with Gasteiger partial charge in [-0.1, -0.05) is 32.8 Å². The van der Waals surface area contributed by atoms with Gasteiger partial charge in [0.1, 0.15) is 6.04 Å². The maximum Gasteiger partial charge on any atom is 0.320 e. The minimum absolute atomic E-state index is 0.288. The van der Waals surface area contributed by atoms with Crippen LogP contribution in [0.1, 0.15) is 52.4 Å². The Balaban J connectivity index is 4.11. The van der Waals surface area contributed by atoms with E-state index in [-0.39, 0.29) is 6.04 Å². The van der Waals surface area contributed by atoms with Crippen LogP contribution in [0.4, 0.5) is 0 Å². The molecule has 94 valence electrons. The molecule has 0 aromatic heterocycles. The Morgan fingerprint density at radius 3 is 2.56 bits per heavy atom. The van der Waals surface area contributed by atoms with E-state index in [9.17, 15) is 4.79 Å². The van der Waals surface area contributed by atoms with E-state index in [1.165, 1.54) is 0 Å². The fourth-order valence-corrected chi connectivity index (χ4v) is 1.70. The highest BCUT2D eigenvalue weighted by molar-refractivity contribution is 5.73. The second kappa shape index (κ2) is 9.40. The molecule has 3 nitrogen and oxygen atoms in total. The van der Waals surface area contributed by atoms with Crippen molar-refractivity contribution in [3.8, 4) is 0 Å². The van der Waals surface area contributed by atoms with E-state index in [1.807, 2.05) is 6.08 Å². The molecule has 0 fully saturated rings. The molecule has 0 aliphatic carbocycles. The smallest absolute Gasteiger partial charge is 0.320 e. The van der Waals surface area contributed by atoms with E-state index < -0.39 is 12.0 Å². The zero-order valence-corrected chi connectivity index (χ0v) is 10.5. The predicted molar refractivity (Wildman–Crippen MR) is 67.6 cm³/mol. The van der Waals surface area contributed by atoms with Crippen molar-refractivity contribution < 1.29 is 9.90 Å². The van der Waals surface area contributed by atoms with E-state index in [0.717, 1.165) is 38.5 Å². The minimum Gasteiger partial charge on any atom is -0.480 e. The molecule has 2 atom stereocenters. The summed E-state index contributed by atoms with van der Waals surface area (Å²) >= 11 is 0. The second-order valence-corrected chi connectivity index (χ2v) is 4.17. The molecule has 0 amide bonds. The van der Waals surface area contributed by atoms with Gasteiger partial charge in [0, 0.05) is 6.04 Å². The Morgan fingerprint density at radius 2 is 2.12 bits per heavy atom. The van der Waals surface area contributed by atoms with Crippen LogP contribution in [0.25, 0.3) is 0 Å². The second-order valence-electron chi connectivity index (χ2n) is 4.17. The largest absolute Gasteiger partial charge is 0.480 e. The van der Waals surface area contributed by atoms with Crippen molar-refractivity contribution in [3.63, 3.8) is 0 Å². The zero-order chi connectivity index (χ0) is 12.4. The van der Waals surface area contributed by atoms with Gasteiger partial charge < -0.3 is 10.4 Å². The molecule has 0 aromatic rings. The maximum atomic E-state index is 11.0. The van der Waals surface area contributed by atoms with Gasteiger partial charge in [-0.05, 0) is 25.7 Å². The molecule has 0 aliphatic heterocycles. The fraction of sp³-hybridized carbons (Fsp3) is 0.769. The number of hydrogen-bond donors (Lipinski definition) is 2. The number of allylic oxidation sites excluding steroid dienone is 1. The van der Waals surface area contributed by atoms with E-state index in [2.05, 4.69) is 25.7 Å². The molecular formula is C13H25NO2. The summed E-state index contributed by atoms with van der Waals surface area (Å²) in [5.41, 5.74) is 0. The van der Waals surface area contributed by atoms with Crippen LogP contribution in [0.5, 0.6) is 0 Å². The Labute approximate surface area is 98.9 Å². The fourth-order valence-electron chi connectivity index (χ4n) is 1.70. The van der Waals surface area contributed by atoms with E-state index in [1.54, 1.807) is 0 Å². The predicted octanol–water partition coefficient (Wildman–Crippen LogP) is 2.96. The van der Waals surface area contributed by atoms with Crippen molar-refractivity contribution in [1.29, 1.82) is 0 Å². The Hall–Kier alpha value is -0.830. The third kappa shape index (κ3) is 6.62. The first-order chi connectivity index (χ1) is 7.65. The Bertz CT molecular complexity index is 204. The quantitative estimate of drug-likeness (QED) is 0.564. The monoisotopic (exact) mass is 227 g/mol. The van der Waals surface area contributed by atoms with Crippen LogP contribution in [0, 0.1) is 0 Å². The van der Waals surface area contributed by atoms with Gasteiger partial charge in [0.25, 0.3) is 0 Å². The molecule has 16 heavy (non-hydrogen) atoms. The number of rotatable bonds is 10. The van der Waals surface area contributed by atoms with Gasteiger partial charge in [-0.25, -0.2) is 0 Å². The molecule has 0 aliphatic rings. The van der Waals surface area contributed by atoms with E-state index in [0.29, 0.717) is 0 Å². The molecule has 0 saturated carbocycles. The van der Waals surface area contributed by atoms with Gasteiger partial charge >= 0.3 is 5.97 Å². The van der Waals surface area contributed by atoms with Crippen molar-refractivity contribution in [1.82, 2.24) is 5.32 Å². The summed E-state index contributed by atoms with van der Waals surface area (Å²) in [6.45, 7) is 7.85. The number of unbranched alkanes of at least 4 members (excludes halogenated alkanes) is 1. The molecule has 0 radical (unpaired) electrons. The summed E-state index contributed by atoms with van der Waals surface area (Å²) in [6, 6.07) is -0.106. The van der Waals surface area contributed by atoms with Crippen molar-refractivity contribution in [2.45, 2.75) is 64.5 Å². The summed E-state index contributed by atoms with van der Waals surface area (Å²) in [7, 11) is 0. The standard InChI is InChI=1S/C13H25NO2/c1-4-7-9-11(6-3)14-12(13(15)16)10-8-5-2/h4,11-12,14H,1,5-10H2,2-3H3,(H,15,16)/t11?,12-/m0/s1. The topological polar surface area (TPSA) is 49.3 Å². The summed E-state index contributed by atoms with van der Waals surface area (Å²) in [4.78, 5) is 11.0. The van der Waals surface area contributed by atoms with Crippen molar-refractivity contribution in [2.75, 3.05) is 0 Å². The van der Waals surface area contributed by atoms with Gasteiger partial charge in [0.15, 0.2) is 0 Å². The lowest BCUT2D eigenvalue weighted by atomic mass is 10.0. The molecule has 0 saturated heterocycles. The molecule has 0 rings (SSSR count). The lowest BCUT2D eigenvalue weighted by Crippen LogP contribution is -2.43. The molecule has 0 heterocycles. The first kappa shape index (κ1) is 15.2. The number of carbonyl (C=O) groups is 1. The minimum atomic E-state index is -0.731. The Morgan fingerprint density at radius 1 is 1.44 bits per heavy atom. The lowest BCUT2D eigenvalue weighted by Gasteiger charge is -2.21. The van der Waals surface area contributed by atoms with Crippen LogP contribution in [0.15, 0.2) is 12.7 Å². The van der Waals surface area contributed by atoms with Crippen LogP contribution in [-0.2, 0) is 4.79 Å². The Kier molecular flexibility index (Phi) is 8.91. The normalized spacial score (nSPS) is 14.4. The van der Waals surface area contributed by atoms with Gasteiger partial charge in [0.2, 0.25) is 0 Å². The lowest BCUT2D eigenvalue weighted by molar-refractivity contribution is -0.140. The number of hydrogen-bond acceptors (Lipinski definition) is 2. The number of carboxylic acids is 1. The van der Waals surface area contributed by atoms with Gasteiger partial charge in [-0.2, -0.15) is 0 Å². The molecule has 2 N–H and O–H groups in total. The van der Waals surface area contributed by atoms with Crippen LogP contribution in [-0.4, -0.2) is 23.2 Å². The molecule has 0 bridgehead atoms. The summed E-state index contributed by atoms with van der Waals surface area (Å²) in [6.07, 6.45) is 7.46. The first-order valence-electron chi connectivity index (χ1n) is 6.25. The van der Waals surface area contributed by atoms with Gasteiger partial charge in [0.05, 0.1) is 0 Å². The van der Waals surface area contributed by atoms with Crippen LogP contribution in [0.3, 0.4) is 0 Å². The highest BCUT2D eigenvalue weighted by Gasteiger charge is 2.19. The van der Waals surface area contributed by atoms with Crippen molar-refractivity contribution >= 4 is 5.97 Å². The van der Waals surface area contributed by atoms with Gasteiger partial charge in [-0.3, -0.25) is 4.79 Å². The van der Waals surface area contributed by atoms with Crippen molar-refractivity contribution in [2.24, 2.45) is 0 Å². The highest BCUT2D eigenvalue weighted by atomic mass is 16.4. The first-order valence-corrected chi connectivity index (χ1v) is 6.25. The molecule has 0 spiro atoms. The molecule has 1 unspecified atom stereocenters. The number of carboxylic acid groups (broad SMARTS) is 1. The average Bonchev–Trinajstić information content (AvgIpc) is 2.28. The van der Waals surface area contributed by atoms with E-state index >= 15 is 0 Å². The van der Waals surface area contributed by atoms with E-state index in [4.69, 9.17) is 5.11 Å². The van der Waals surface area contributed by atoms with Gasteiger partial charge in [-0.15, -0.1) is 6.58 Å². The third-order valence-corrected chi connectivity index (χ3v) is 2.79. The summed E-state index contributed by atoms with van der Waals surface area (Å²) in [5.74, 6) is -0.731. The molecule has 0 aromatic carbocycles. The SMILES string of the molecule is C=CCCC(CC)N[C@@H](CCCC)C(=O)O. The summed E-state index contributed by atoms with van der Waals surface area (Å²) < 4.78 is 0. The summed E-state index contributed by atoms with van der Waals surface area (Å²) in [5, 5.41) is 12.3. The highest BCUT2D eigenvalue weighted by Crippen LogP contribution is 2.07. The molecule has 3 heteroatoms. The maximum absolute atomic E-state index is 11.0. The molecular weight excluding hydrogens is 202 g/mol. The number of nitrogens with one attached hydrogen (secondary N) is 1. The zero-order valence-electron chi connectivity index (χ0n) is 10.5. The third-order valence-electron chi connectivity index (χ3n) is 2.79. The van der Waals surface area contributed by atoms with Crippen LogP contribution in [0.2, 0.25) is 0 Å².